The molecule has 0 unspecified atom stereocenters. The summed E-state index contributed by atoms with van der Waals surface area (Å²) in [6.45, 7) is 7.82. The number of hydrogen-bond donors (Lipinski definition) is 4. The van der Waals surface area contributed by atoms with E-state index in [1.807, 2.05) is 0 Å². The molecule has 0 aromatic carbocycles. The quantitative estimate of drug-likeness (QED) is 0.262. The van der Waals surface area contributed by atoms with E-state index in [1.165, 1.54) is 0 Å². The van der Waals surface area contributed by atoms with Gasteiger partial charge in [-0.25, -0.2) is 0 Å². The molecule has 0 heterocycles. The van der Waals surface area contributed by atoms with Crippen LogP contribution in [0, 0.1) is 5.41 Å². The van der Waals surface area contributed by atoms with Gasteiger partial charge in [0.25, 0.3) is 0 Å². The first-order chi connectivity index (χ1) is 4.92. The predicted molar refractivity (Wildman–Crippen MR) is 47.7 cm³/mol. The monoisotopic (exact) mass is 158 g/mol. The molecule has 0 saturated carbocycles. The lowest BCUT2D eigenvalue weighted by Crippen LogP contribution is -2.42. The number of nitrogens with two attached hydrogens (primary N) is 1. The molecule has 0 aromatic heterocycles. The molecule has 4 nitrogen and oxygen atoms in total. The van der Waals surface area contributed by atoms with Crippen LogP contribution in [0.5, 0.6) is 0 Å². The van der Waals surface area contributed by atoms with Crippen molar-refractivity contribution in [2.45, 2.75) is 26.3 Å². The predicted octanol–water partition coefficient (Wildman–Crippen LogP) is -0.142. The molecule has 66 valence electrons. The lowest BCUT2D eigenvalue weighted by molar-refractivity contribution is 0.428. The summed E-state index contributed by atoms with van der Waals surface area (Å²) < 4.78 is 0. The summed E-state index contributed by atoms with van der Waals surface area (Å²) in [7, 11) is 0. The minimum Gasteiger partial charge on any atom is -0.370 e. The van der Waals surface area contributed by atoms with E-state index in [9.17, 15) is 0 Å². The van der Waals surface area contributed by atoms with Gasteiger partial charge in [0, 0.05) is 18.6 Å². The van der Waals surface area contributed by atoms with E-state index in [4.69, 9.17) is 11.1 Å². The first-order valence-electron chi connectivity index (χ1n) is 3.75. The first kappa shape index (κ1) is 10.2. The fourth-order valence-electron chi connectivity index (χ4n) is 0.635. The van der Waals surface area contributed by atoms with Crippen LogP contribution in [-0.2, 0) is 0 Å². The largest absolute Gasteiger partial charge is 0.370 e. The third-order valence-electron chi connectivity index (χ3n) is 1.10. The Morgan fingerprint density at radius 2 is 1.91 bits per heavy atom. The molecule has 0 aliphatic heterocycles. The van der Waals surface area contributed by atoms with Gasteiger partial charge in [-0.3, -0.25) is 5.41 Å². The fraction of sp³-hybridized carbons (Fsp3) is 0.857. The molecule has 0 radical (unpaired) electrons. The highest BCUT2D eigenvalue weighted by Crippen LogP contribution is 1.95. The van der Waals surface area contributed by atoms with Crippen LogP contribution in [-0.4, -0.2) is 24.6 Å². The normalized spacial score (nSPS) is 11.2. The van der Waals surface area contributed by atoms with Gasteiger partial charge in [-0.15, -0.1) is 0 Å². The standard InChI is InChI=1S/C7H18N4/c1-7(2,3)11-5-4-10-6(8)9/h11H,4-5H2,1-3H3,(H4,8,9,10). The van der Waals surface area contributed by atoms with Crippen molar-refractivity contribution in [2.75, 3.05) is 13.1 Å². The molecule has 0 spiro atoms. The van der Waals surface area contributed by atoms with Crippen molar-refractivity contribution < 1.29 is 0 Å². The average molecular weight is 158 g/mol. The van der Waals surface area contributed by atoms with Crippen LogP contribution >= 0.6 is 0 Å². The van der Waals surface area contributed by atoms with Crippen LogP contribution in [0.15, 0.2) is 0 Å². The molecule has 0 bridgehead atoms. The van der Waals surface area contributed by atoms with Crippen molar-refractivity contribution in [3.05, 3.63) is 0 Å². The molecule has 0 amide bonds. The Hall–Kier alpha value is -0.770. The molecular weight excluding hydrogens is 140 g/mol. The Kier molecular flexibility index (Phi) is 3.89. The highest BCUT2D eigenvalue weighted by molar-refractivity contribution is 5.74. The molecule has 4 heteroatoms. The minimum atomic E-state index is 0.0284. The van der Waals surface area contributed by atoms with Gasteiger partial charge >= 0.3 is 0 Å². The Bertz CT molecular complexity index is 125. The zero-order chi connectivity index (χ0) is 8.91. The summed E-state index contributed by atoms with van der Waals surface area (Å²) in [5.41, 5.74) is 5.22. The molecule has 0 aliphatic carbocycles. The molecule has 5 N–H and O–H groups in total. The lowest BCUT2D eigenvalue weighted by Gasteiger charge is -2.20. The van der Waals surface area contributed by atoms with Gasteiger partial charge in [0.2, 0.25) is 0 Å². The number of rotatable bonds is 3. The Morgan fingerprint density at radius 1 is 1.36 bits per heavy atom. The van der Waals surface area contributed by atoms with Crippen molar-refractivity contribution in [1.82, 2.24) is 10.6 Å². The van der Waals surface area contributed by atoms with Crippen molar-refractivity contribution in [3.63, 3.8) is 0 Å². The van der Waals surface area contributed by atoms with Gasteiger partial charge in [-0.1, -0.05) is 0 Å². The molecule has 0 saturated heterocycles. The van der Waals surface area contributed by atoms with Gasteiger partial charge in [0.1, 0.15) is 0 Å². The number of nitrogens with one attached hydrogen (secondary N) is 3. The Labute approximate surface area is 68.1 Å². The Morgan fingerprint density at radius 3 is 2.27 bits per heavy atom. The van der Waals surface area contributed by atoms with Gasteiger partial charge < -0.3 is 16.4 Å². The third kappa shape index (κ3) is 9.23. The lowest BCUT2D eigenvalue weighted by atomic mass is 10.1. The zero-order valence-corrected chi connectivity index (χ0v) is 7.49. The van der Waals surface area contributed by atoms with Crippen LogP contribution in [0.3, 0.4) is 0 Å². The summed E-state index contributed by atoms with van der Waals surface area (Å²) >= 11 is 0. The molecule has 11 heavy (non-hydrogen) atoms. The summed E-state index contributed by atoms with van der Waals surface area (Å²) in [6, 6.07) is 0. The molecular formula is C7H18N4. The van der Waals surface area contributed by atoms with E-state index in [0.717, 1.165) is 6.54 Å². The highest BCUT2D eigenvalue weighted by atomic mass is 15.1. The van der Waals surface area contributed by atoms with E-state index < -0.39 is 0 Å². The van der Waals surface area contributed by atoms with Crippen LogP contribution in [0.2, 0.25) is 0 Å². The fourth-order valence-corrected chi connectivity index (χ4v) is 0.635. The summed E-state index contributed by atoms with van der Waals surface area (Å²) in [5.74, 6) is 0.0284. The van der Waals surface area contributed by atoms with E-state index >= 15 is 0 Å². The maximum Gasteiger partial charge on any atom is 0.185 e. The maximum absolute atomic E-state index is 6.87. The molecule has 0 fully saturated rings. The van der Waals surface area contributed by atoms with Crippen LogP contribution in [0.25, 0.3) is 0 Å². The molecule has 0 aromatic rings. The van der Waals surface area contributed by atoms with E-state index in [-0.39, 0.29) is 11.5 Å². The van der Waals surface area contributed by atoms with Gasteiger partial charge in [0.15, 0.2) is 5.96 Å². The van der Waals surface area contributed by atoms with Gasteiger partial charge in [-0.2, -0.15) is 0 Å². The first-order valence-corrected chi connectivity index (χ1v) is 3.75. The van der Waals surface area contributed by atoms with Crippen molar-refractivity contribution in [3.8, 4) is 0 Å². The summed E-state index contributed by atoms with van der Waals surface area (Å²) in [6.07, 6.45) is 0. The maximum atomic E-state index is 6.87. The smallest absolute Gasteiger partial charge is 0.185 e. The van der Waals surface area contributed by atoms with Crippen molar-refractivity contribution in [1.29, 1.82) is 5.41 Å². The van der Waals surface area contributed by atoms with E-state index in [0.29, 0.717) is 6.54 Å². The second-order valence-corrected chi connectivity index (χ2v) is 3.52. The topological polar surface area (TPSA) is 73.9 Å². The Balaban J connectivity index is 3.22. The molecule has 0 rings (SSSR count). The second kappa shape index (κ2) is 4.18. The third-order valence-corrected chi connectivity index (χ3v) is 1.10. The van der Waals surface area contributed by atoms with Gasteiger partial charge in [-0.05, 0) is 20.8 Å². The van der Waals surface area contributed by atoms with Gasteiger partial charge in [0.05, 0.1) is 0 Å². The second-order valence-electron chi connectivity index (χ2n) is 3.52. The summed E-state index contributed by atoms with van der Waals surface area (Å²) in [5, 5.41) is 12.8. The van der Waals surface area contributed by atoms with E-state index in [1.54, 1.807) is 0 Å². The van der Waals surface area contributed by atoms with Crippen LogP contribution < -0.4 is 16.4 Å². The molecule has 0 atom stereocenters. The van der Waals surface area contributed by atoms with Crippen LogP contribution in [0.1, 0.15) is 20.8 Å². The van der Waals surface area contributed by atoms with Crippen molar-refractivity contribution >= 4 is 5.96 Å². The highest BCUT2D eigenvalue weighted by Gasteiger charge is 2.06. The zero-order valence-electron chi connectivity index (χ0n) is 7.49. The van der Waals surface area contributed by atoms with Crippen LogP contribution in [0.4, 0.5) is 0 Å². The minimum absolute atomic E-state index is 0.0284. The number of guanidine groups is 1. The summed E-state index contributed by atoms with van der Waals surface area (Å²) in [4.78, 5) is 0. The van der Waals surface area contributed by atoms with E-state index in [2.05, 4.69) is 31.4 Å². The van der Waals surface area contributed by atoms with Crippen molar-refractivity contribution in [2.24, 2.45) is 5.73 Å². The SMILES string of the molecule is CC(C)(C)NCCNC(=N)N. The molecule has 0 aliphatic rings. The average Bonchev–Trinajstić information content (AvgIpc) is 1.78. The number of hydrogen-bond acceptors (Lipinski definition) is 2.